The number of hydrogen-bond acceptors (Lipinski definition) is 4. The Morgan fingerprint density at radius 1 is 0.862 bits per heavy atom. The van der Waals surface area contributed by atoms with Crippen LogP contribution in [0.5, 0.6) is 23.0 Å². The Bertz CT molecular complexity index is 1070. The van der Waals surface area contributed by atoms with Crippen molar-refractivity contribution in [3.05, 3.63) is 81.3 Å². The lowest BCUT2D eigenvalue weighted by atomic mass is 9.97. The molecule has 5 nitrogen and oxygen atoms in total. The maximum atomic E-state index is 12.9. The van der Waals surface area contributed by atoms with Gasteiger partial charge >= 0.3 is 0 Å². The zero-order chi connectivity index (χ0) is 20.5. The molecule has 4 rings (SSSR count). The van der Waals surface area contributed by atoms with Gasteiger partial charge in [0.25, 0.3) is 5.91 Å². The number of phenolic OH excluding ortho intramolecular Hbond substituents is 2. The fraction of sp³-hybridized carbons (Fsp3) is 0.136. The summed E-state index contributed by atoms with van der Waals surface area (Å²) >= 11 is 12.3. The molecule has 0 aliphatic carbocycles. The van der Waals surface area contributed by atoms with Crippen LogP contribution in [0.1, 0.15) is 21.5 Å². The smallest absolute Gasteiger partial charge is 0.254 e. The number of carbonyl (C=O) groups is 1. The lowest BCUT2D eigenvalue weighted by Gasteiger charge is -2.30. The number of amides is 1. The molecular weight excluding hydrogens is 413 g/mol. The number of nitrogens with zero attached hydrogens (tertiary/aromatic N) is 1. The molecule has 0 bridgehead atoms. The van der Waals surface area contributed by atoms with Gasteiger partial charge in [0, 0.05) is 18.7 Å². The van der Waals surface area contributed by atoms with E-state index in [9.17, 15) is 15.0 Å². The minimum atomic E-state index is -0.466. The van der Waals surface area contributed by atoms with Crippen molar-refractivity contribution < 1.29 is 19.7 Å². The van der Waals surface area contributed by atoms with Gasteiger partial charge in [0.1, 0.15) is 11.5 Å². The predicted octanol–water partition coefficient (Wildman–Crippen LogP) is 5.40. The predicted molar refractivity (Wildman–Crippen MR) is 111 cm³/mol. The first kappa shape index (κ1) is 19.4. The number of hydrogen-bond donors (Lipinski definition) is 2. The van der Waals surface area contributed by atoms with Gasteiger partial charge in [0.15, 0.2) is 11.5 Å². The van der Waals surface area contributed by atoms with Gasteiger partial charge in [-0.25, -0.2) is 0 Å². The van der Waals surface area contributed by atoms with E-state index in [1.54, 1.807) is 29.2 Å². The number of fused-ring (bicyclic) bond motifs is 1. The lowest BCUT2D eigenvalue weighted by molar-refractivity contribution is 0.0734. The Balaban J connectivity index is 1.52. The van der Waals surface area contributed by atoms with Crippen molar-refractivity contribution in [2.75, 3.05) is 6.54 Å². The molecule has 0 radical (unpaired) electrons. The summed E-state index contributed by atoms with van der Waals surface area (Å²) in [5, 5.41) is 19.9. The molecule has 0 saturated carbocycles. The van der Waals surface area contributed by atoms with Gasteiger partial charge < -0.3 is 19.8 Å². The second-order valence-corrected chi connectivity index (χ2v) is 7.45. The quantitative estimate of drug-likeness (QED) is 0.547. The molecule has 3 aromatic rings. The molecule has 1 amide bonds. The summed E-state index contributed by atoms with van der Waals surface area (Å²) in [6, 6.07) is 16.3. The van der Waals surface area contributed by atoms with Gasteiger partial charge in [-0.3, -0.25) is 4.79 Å². The van der Waals surface area contributed by atoms with Crippen LogP contribution in [0, 0.1) is 0 Å². The number of rotatable bonds is 3. The normalized spacial score (nSPS) is 13.1. The van der Waals surface area contributed by atoms with Gasteiger partial charge in [-0.05, 0) is 53.9 Å². The van der Waals surface area contributed by atoms with Crippen LogP contribution < -0.4 is 4.74 Å². The minimum absolute atomic E-state index is 0.0195. The van der Waals surface area contributed by atoms with Crippen LogP contribution >= 0.6 is 23.2 Å². The third-order valence-electron chi connectivity index (χ3n) is 4.88. The van der Waals surface area contributed by atoms with Crippen molar-refractivity contribution in [3.63, 3.8) is 0 Å². The van der Waals surface area contributed by atoms with Crippen LogP contribution in [0.25, 0.3) is 0 Å². The first-order chi connectivity index (χ1) is 14.0. The summed E-state index contributed by atoms with van der Waals surface area (Å²) in [7, 11) is 0. The van der Waals surface area contributed by atoms with Gasteiger partial charge in [-0.2, -0.15) is 0 Å². The summed E-state index contributed by atoms with van der Waals surface area (Å²) < 4.78 is 5.75. The summed E-state index contributed by atoms with van der Waals surface area (Å²) in [5.41, 5.74) is 1.72. The van der Waals surface area contributed by atoms with E-state index in [2.05, 4.69) is 0 Å². The monoisotopic (exact) mass is 429 g/mol. The maximum Gasteiger partial charge on any atom is 0.254 e. The Labute approximate surface area is 177 Å². The number of halogens is 2. The second-order valence-electron chi connectivity index (χ2n) is 6.70. The molecule has 0 unspecified atom stereocenters. The standard InChI is InChI=1S/C22H17Cl2NO4/c23-18-16-10-11-25(12-17(16)19(24)21(27)20(18)26)22(28)13-6-8-15(9-7-13)29-14-4-2-1-3-5-14/h1-9,26-27H,10-12H2. The molecule has 0 spiro atoms. The van der Waals surface area contributed by atoms with Crippen LogP contribution in [-0.2, 0) is 13.0 Å². The molecule has 1 aliphatic heterocycles. The van der Waals surface area contributed by atoms with Crippen molar-refractivity contribution in [2.45, 2.75) is 13.0 Å². The van der Waals surface area contributed by atoms with Gasteiger partial charge in [0.2, 0.25) is 0 Å². The van der Waals surface area contributed by atoms with E-state index >= 15 is 0 Å². The molecule has 1 heterocycles. The SMILES string of the molecule is O=C(c1ccc(Oc2ccccc2)cc1)N1CCc2c(Cl)c(O)c(O)c(Cl)c2C1. The molecule has 2 N–H and O–H groups in total. The van der Waals surface area contributed by atoms with Crippen molar-refractivity contribution in [3.8, 4) is 23.0 Å². The molecule has 7 heteroatoms. The Morgan fingerprint density at radius 3 is 2.10 bits per heavy atom. The van der Waals surface area contributed by atoms with Crippen LogP contribution in [0.3, 0.4) is 0 Å². The first-order valence-corrected chi connectivity index (χ1v) is 9.74. The van der Waals surface area contributed by atoms with Gasteiger partial charge in [0.05, 0.1) is 10.0 Å². The highest BCUT2D eigenvalue weighted by atomic mass is 35.5. The molecule has 148 valence electrons. The fourth-order valence-corrected chi connectivity index (χ4v) is 3.91. The lowest BCUT2D eigenvalue weighted by Crippen LogP contribution is -2.36. The number of phenols is 2. The van der Waals surface area contributed by atoms with Crippen molar-refractivity contribution in [2.24, 2.45) is 0 Å². The maximum absolute atomic E-state index is 12.9. The molecule has 0 atom stereocenters. The van der Waals surface area contributed by atoms with Crippen LogP contribution in [-0.4, -0.2) is 27.6 Å². The highest BCUT2D eigenvalue weighted by molar-refractivity contribution is 6.36. The van der Waals surface area contributed by atoms with E-state index < -0.39 is 11.5 Å². The molecule has 1 aliphatic rings. The van der Waals surface area contributed by atoms with Crippen LogP contribution in [0.15, 0.2) is 54.6 Å². The minimum Gasteiger partial charge on any atom is -0.503 e. The largest absolute Gasteiger partial charge is 0.503 e. The van der Waals surface area contributed by atoms with E-state index in [0.29, 0.717) is 41.2 Å². The average Bonchev–Trinajstić information content (AvgIpc) is 2.76. The fourth-order valence-electron chi connectivity index (χ4n) is 3.35. The third-order valence-corrected chi connectivity index (χ3v) is 5.70. The van der Waals surface area contributed by atoms with E-state index in [-0.39, 0.29) is 22.5 Å². The highest BCUT2D eigenvalue weighted by Gasteiger charge is 2.29. The Morgan fingerprint density at radius 2 is 1.45 bits per heavy atom. The molecule has 29 heavy (non-hydrogen) atoms. The Kier molecular flexibility index (Phi) is 5.26. The first-order valence-electron chi connectivity index (χ1n) is 8.98. The topological polar surface area (TPSA) is 70.0 Å². The van der Waals surface area contributed by atoms with Gasteiger partial charge in [-0.15, -0.1) is 0 Å². The summed E-state index contributed by atoms with van der Waals surface area (Å²) in [4.78, 5) is 14.6. The molecule has 3 aromatic carbocycles. The zero-order valence-corrected chi connectivity index (χ0v) is 16.7. The highest BCUT2D eigenvalue weighted by Crippen LogP contribution is 2.46. The summed E-state index contributed by atoms with van der Waals surface area (Å²) in [6.45, 7) is 0.622. The van der Waals surface area contributed by atoms with E-state index in [1.807, 2.05) is 30.3 Å². The Hall–Kier alpha value is -2.89. The van der Waals surface area contributed by atoms with Crippen LogP contribution in [0.4, 0.5) is 0 Å². The molecule has 0 aromatic heterocycles. The molecule has 0 saturated heterocycles. The third kappa shape index (κ3) is 3.71. The van der Waals surface area contributed by atoms with E-state index in [1.165, 1.54) is 0 Å². The second kappa shape index (κ2) is 7.85. The van der Waals surface area contributed by atoms with Crippen LogP contribution in [0.2, 0.25) is 10.0 Å². The van der Waals surface area contributed by atoms with Crippen molar-refractivity contribution >= 4 is 29.1 Å². The van der Waals surface area contributed by atoms with Gasteiger partial charge in [-0.1, -0.05) is 41.4 Å². The average molecular weight is 430 g/mol. The summed E-state index contributed by atoms with van der Waals surface area (Å²) in [6.07, 6.45) is 0.433. The van der Waals surface area contributed by atoms with Crippen molar-refractivity contribution in [1.29, 1.82) is 0 Å². The number of carbonyl (C=O) groups excluding carboxylic acids is 1. The molecule has 0 fully saturated rings. The summed E-state index contributed by atoms with van der Waals surface area (Å²) in [5.74, 6) is 0.291. The number of aromatic hydroxyl groups is 2. The zero-order valence-electron chi connectivity index (χ0n) is 15.2. The van der Waals surface area contributed by atoms with Crippen molar-refractivity contribution in [1.82, 2.24) is 4.90 Å². The van der Waals surface area contributed by atoms with E-state index in [4.69, 9.17) is 27.9 Å². The number of para-hydroxylation sites is 1. The number of benzene rings is 3. The molecular formula is C22H17Cl2NO4. The number of ether oxygens (including phenoxy) is 1. The van der Waals surface area contributed by atoms with E-state index in [0.717, 1.165) is 0 Å².